The third-order valence-corrected chi connectivity index (χ3v) is 10.7. The van der Waals surface area contributed by atoms with E-state index in [0.29, 0.717) is 11.0 Å². The van der Waals surface area contributed by atoms with Crippen molar-refractivity contribution in [2.75, 3.05) is 31.8 Å². The Morgan fingerprint density at radius 3 is 2.82 bits per heavy atom. The van der Waals surface area contributed by atoms with Crippen LogP contribution < -0.4 is 17.0 Å². The van der Waals surface area contributed by atoms with Crippen LogP contribution in [0.5, 0.6) is 0 Å². The lowest BCUT2D eigenvalue weighted by atomic mass is 10.1. The molecule has 7 rings (SSSR count). The van der Waals surface area contributed by atoms with Crippen LogP contribution in [0.1, 0.15) is 18.7 Å². The predicted octanol–water partition coefficient (Wildman–Crippen LogP) is 0.808. The summed E-state index contributed by atoms with van der Waals surface area (Å²) in [5.74, 6) is -0.508. The average Bonchev–Trinajstić information content (AvgIpc) is 3.75. The molecule has 10 atom stereocenters. The van der Waals surface area contributed by atoms with E-state index in [1.165, 1.54) is 24.3 Å². The number of nitrogen functional groups attached to an aromatic ring is 2. The zero-order chi connectivity index (χ0) is 31.6. The third-order valence-electron chi connectivity index (χ3n) is 8.22. The summed E-state index contributed by atoms with van der Waals surface area (Å²) in [4.78, 5) is 31.3. The molecule has 2 aliphatic heterocycles. The fourth-order valence-corrected chi connectivity index (χ4v) is 8.63. The van der Waals surface area contributed by atoms with Gasteiger partial charge in [0.2, 0.25) is 5.95 Å². The number of nitrogens with one attached hydrogen (secondary N) is 1. The Hall–Kier alpha value is -2.90. The van der Waals surface area contributed by atoms with Gasteiger partial charge in [0.05, 0.1) is 37.1 Å². The lowest BCUT2D eigenvalue weighted by Crippen LogP contribution is -2.36. The molecular formula is C23H29N9O10P2S. The second-order valence-corrected chi connectivity index (χ2v) is 14.7. The highest BCUT2D eigenvalue weighted by Crippen LogP contribution is 2.58. The number of hydrogen-bond acceptors (Lipinski definition) is 16. The number of methoxy groups -OCH3 is 1. The average molecular weight is 686 g/mol. The van der Waals surface area contributed by atoms with Gasteiger partial charge in [-0.25, -0.2) is 19.5 Å². The Kier molecular flexibility index (Phi) is 8.00. The number of nitrogens with two attached hydrogens (primary N) is 2. The molecule has 2 saturated heterocycles. The van der Waals surface area contributed by atoms with Gasteiger partial charge in [-0.15, -0.1) is 0 Å². The Morgan fingerprint density at radius 1 is 1.20 bits per heavy atom. The highest BCUT2D eigenvalue weighted by Gasteiger charge is 2.52. The standard InChI is InChI=1S/C23H29N9O10P2S/c1-37-16-12-6-38-43(35)41-15-9(4-11(14(15)33)31-3-2-10-18(24)26-7-27-19(10)31)5-39-44(36,45)42-17(16)22(40-12)32-8-28-13-20(32)29-23(25)30-21(13)34/h2-3,7-9,11-12,14-17,22,33,43H,4-6H2,1H3,(H,36,45)(H2,24,26,27)(H3,25,29,30,34)/t9-,11-,12-,14+,15-,16-,17-,22-,44+/m1/s1. The molecule has 0 radical (unpaired) electrons. The SMILES string of the molecule is CO[C@H]1[C@H]2O[P@@](=O)(S)OC[C@H]3C[C@@H](n4ccc5c(N)ncnc54)[C@H](O)[C@@H]3O[PH](=O)OC[C@H]1O[C@H]2n1cnc2c(=O)[nH]c(N)nc21. The zero-order valence-electron chi connectivity index (χ0n) is 23.4. The minimum Gasteiger partial charge on any atom is -0.388 e. The minimum absolute atomic E-state index is 0.0246. The van der Waals surface area contributed by atoms with E-state index in [2.05, 4.69) is 37.2 Å². The first kappa shape index (κ1) is 30.7. The van der Waals surface area contributed by atoms with Crippen LogP contribution in [-0.2, 0) is 36.7 Å². The van der Waals surface area contributed by atoms with E-state index in [1.807, 2.05) is 0 Å². The van der Waals surface area contributed by atoms with Gasteiger partial charge in [-0.3, -0.25) is 23.4 Å². The van der Waals surface area contributed by atoms with Gasteiger partial charge >= 0.3 is 15.1 Å². The molecule has 6 N–H and O–H groups in total. The van der Waals surface area contributed by atoms with E-state index >= 15 is 0 Å². The number of imidazole rings is 1. The first-order valence-corrected chi connectivity index (χ1v) is 17.6. The maximum atomic E-state index is 13.7. The van der Waals surface area contributed by atoms with Crippen LogP contribution in [0.2, 0.25) is 0 Å². The monoisotopic (exact) mass is 685 g/mol. The van der Waals surface area contributed by atoms with Crippen molar-refractivity contribution in [2.45, 2.75) is 49.2 Å². The van der Waals surface area contributed by atoms with E-state index in [4.69, 9.17) is 39.0 Å². The quantitative estimate of drug-likeness (QED) is 0.148. The Bertz CT molecular complexity index is 1890. The van der Waals surface area contributed by atoms with E-state index < -0.39 is 69.3 Å². The molecule has 242 valence electrons. The lowest BCUT2D eigenvalue weighted by molar-refractivity contribution is -0.0537. The van der Waals surface area contributed by atoms with E-state index in [-0.39, 0.29) is 42.6 Å². The number of aromatic nitrogens is 7. The summed E-state index contributed by atoms with van der Waals surface area (Å²) < 4.78 is 64.9. The van der Waals surface area contributed by atoms with Crippen molar-refractivity contribution in [3.8, 4) is 0 Å². The second kappa shape index (κ2) is 11.7. The maximum Gasteiger partial charge on any atom is 0.386 e. The van der Waals surface area contributed by atoms with Gasteiger partial charge in [0.25, 0.3) is 5.56 Å². The summed E-state index contributed by atoms with van der Waals surface area (Å²) in [7, 11) is -1.86. The molecule has 1 unspecified atom stereocenters. The molecule has 4 aromatic rings. The van der Waals surface area contributed by atoms with Crippen LogP contribution in [0.15, 0.2) is 29.7 Å². The number of fused-ring (bicyclic) bond motifs is 5. The van der Waals surface area contributed by atoms with E-state index in [9.17, 15) is 19.0 Å². The molecule has 4 aromatic heterocycles. The number of aliphatic hydroxyl groups excluding tert-OH is 1. The molecule has 1 aliphatic carbocycles. The number of nitrogens with zero attached hydrogens (tertiary/aromatic N) is 6. The number of thiol groups is 1. The first-order valence-electron chi connectivity index (χ1n) is 13.7. The summed E-state index contributed by atoms with van der Waals surface area (Å²) in [6.07, 6.45) is -1.83. The maximum absolute atomic E-state index is 13.7. The largest absolute Gasteiger partial charge is 0.388 e. The van der Waals surface area contributed by atoms with Crippen molar-refractivity contribution in [1.29, 1.82) is 0 Å². The highest BCUT2D eigenvalue weighted by molar-refractivity contribution is 8.44. The summed E-state index contributed by atoms with van der Waals surface area (Å²) >= 11 is 4.23. The van der Waals surface area contributed by atoms with Crippen LogP contribution in [0.25, 0.3) is 22.2 Å². The molecule has 2 bridgehead atoms. The van der Waals surface area contributed by atoms with Crippen molar-refractivity contribution < 1.29 is 41.8 Å². The molecule has 22 heteroatoms. The van der Waals surface area contributed by atoms with Crippen molar-refractivity contribution in [3.63, 3.8) is 0 Å². The first-order chi connectivity index (χ1) is 21.5. The second-order valence-electron chi connectivity index (χ2n) is 10.8. The summed E-state index contributed by atoms with van der Waals surface area (Å²) in [6, 6.07) is 1.13. The van der Waals surface area contributed by atoms with Crippen LogP contribution in [0, 0.1) is 5.92 Å². The van der Waals surface area contributed by atoms with Crippen LogP contribution >= 0.6 is 27.3 Å². The fraction of sp³-hybridized carbons (Fsp3) is 0.522. The number of hydrogen-bond donors (Lipinski definition) is 5. The molecule has 1 saturated carbocycles. The van der Waals surface area contributed by atoms with Crippen LogP contribution in [0.3, 0.4) is 0 Å². The summed E-state index contributed by atoms with van der Waals surface area (Å²) in [6.45, 7) is -4.74. The summed E-state index contributed by atoms with van der Waals surface area (Å²) in [5, 5.41) is 12.0. The molecular weight excluding hydrogens is 656 g/mol. The summed E-state index contributed by atoms with van der Waals surface area (Å²) in [5.41, 5.74) is 11.7. The van der Waals surface area contributed by atoms with Gasteiger partial charge in [0, 0.05) is 19.2 Å². The minimum atomic E-state index is -4.18. The molecule has 19 nitrogen and oxygen atoms in total. The molecule has 3 aliphatic rings. The molecule has 3 fully saturated rings. The van der Waals surface area contributed by atoms with Gasteiger partial charge in [-0.1, -0.05) is 12.2 Å². The van der Waals surface area contributed by atoms with Gasteiger partial charge in [-0.2, -0.15) is 4.98 Å². The molecule has 0 aromatic carbocycles. The molecule has 0 amide bonds. The van der Waals surface area contributed by atoms with E-state index in [0.717, 1.165) is 0 Å². The lowest BCUT2D eigenvalue weighted by Gasteiger charge is -2.27. The van der Waals surface area contributed by atoms with Crippen molar-refractivity contribution >= 4 is 61.3 Å². The third kappa shape index (κ3) is 5.48. The predicted molar refractivity (Wildman–Crippen MR) is 160 cm³/mol. The number of H-pyrrole nitrogens is 1. The number of ether oxygens (including phenoxy) is 2. The Balaban J connectivity index is 1.20. The molecule has 0 spiro atoms. The molecule has 45 heavy (non-hydrogen) atoms. The van der Waals surface area contributed by atoms with Gasteiger partial charge in [0.1, 0.15) is 42.2 Å². The fourth-order valence-electron chi connectivity index (χ4n) is 6.21. The van der Waals surface area contributed by atoms with Crippen molar-refractivity contribution in [2.24, 2.45) is 5.92 Å². The van der Waals surface area contributed by atoms with Crippen LogP contribution in [-0.4, -0.2) is 90.0 Å². The number of aromatic amines is 1. The Labute approximate surface area is 259 Å². The molecule has 6 heterocycles. The van der Waals surface area contributed by atoms with E-state index in [1.54, 1.807) is 16.8 Å². The van der Waals surface area contributed by atoms with Gasteiger partial charge in [-0.05, 0) is 12.5 Å². The van der Waals surface area contributed by atoms with Crippen LogP contribution in [0.4, 0.5) is 11.8 Å². The number of rotatable bonds is 3. The highest BCUT2D eigenvalue weighted by atomic mass is 32.7. The Morgan fingerprint density at radius 2 is 2.02 bits per heavy atom. The van der Waals surface area contributed by atoms with Crippen molar-refractivity contribution in [1.82, 2.24) is 34.1 Å². The zero-order valence-corrected chi connectivity index (χ0v) is 26.2. The smallest absolute Gasteiger partial charge is 0.386 e. The van der Waals surface area contributed by atoms with Gasteiger partial charge < -0.3 is 44.2 Å². The van der Waals surface area contributed by atoms with Gasteiger partial charge in [0.15, 0.2) is 17.4 Å². The number of aliphatic hydroxyl groups is 1. The number of anilines is 2. The topological polar surface area (TPSA) is 256 Å². The normalized spacial score (nSPS) is 36.0. The van der Waals surface area contributed by atoms with Crippen molar-refractivity contribution in [3.05, 3.63) is 35.3 Å².